The van der Waals surface area contributed by atoms with Crippen molar-refractivity contribution in [2.45, 2.75) is 44.2 Å². The summed E-state index contributed by atoms with van der Waals surface area (Å²) < 4.78 is 5.78. The van der Waals surface area contributed by atoms with Crippen LogP contribution in [0.25, 0.3) is 0 Å². The van der Waals surface area contributed by atoms with E-state index in [0.29, 0.717) is 5.54 Å². The van der Waals surface area contributed by atoms with E-state index < -0.39 is 0 Å². The zero-order valence-corrected chi connectivity index (χ0v) is 13.5. The SMILES string of the molecule is CC1CCCC2(CSC(=NCC3CN(C)CCO3)N2)C1. The minimum atomic E-state index is 0.269. The van der Waals surface area contributed by atoms with Crippen LogP contribution in [0, 0.1) is 5.92 Å². The van der Waals surface area contributed by atoms with Crippen molar-refractivity contribution in [3.8, 4) is 0 Å². The Morgan fingerprint density at radius 2 is 2.45 bits per heavy atom. The number of hydrogen-bond donors (Lipinski definition) is 1. The fourth-order valence-electron chi connectivity index (χ4n) is 3.66. The Kier molecular flexibility index (Phi) is 4.58. The van der Waals surface area contributed by atoms with Crippen LogP contribution in [0.15, 0.2) is 4.99 Å². The molecule has 0 amide bonds. The molecule has 1 aliphatic carbocycles. The second kappa shape index (κ2) is 6.24. The van der Waals surface area contributed by atoms with Gasteiger partial charge in [-0.3, -0.25) is 4.99 Å². The average molecular weight is 297 g/mol. The number of amidine groups is 1. The lowest BCUT2D eigenvalue weighted by molar-refractivity contribution is -0.0136. The fourth-order valence-corrected chi connectivity index (χ4v) is 4.86. The van der Waals surface area contributed by atoms with Gasteiger partial charge in [0.25, 0.3) is 0 Å². The molecule has 114 valence electrons. The van der Waals surface area contributed by atoms with Crippen LogP contribution in [0.1, 0.15) is 32.6 Å². The molecule has 0 aromatic rings. The van der Waals surface area contributed by atoms with Gasteiger partial charge in [0.05, 0.1) is 19.3 Å². The Balaban J connectivity index is 1.52. The number of ether oxygens (including phenoxy) is 1. The summed E-state index contributed by atoms with van der Waals surface area (Å²) >= 11 is 1.91. The van der Waals surface area contributed by atoms with Crippen molar-refractivity contribution in [1.29, 1.82) is 0 Å². The number of nitrogens with one attached hydrogen (secondary N) is 1. The zero-order chi connectivity index (χ0) is 14.0. The summed E-state index contributed by atoms with van der Waals surface area (Å²) in [7, 11) is 2.16. The van der Waals surface area contributed by atoms with Crippen molar-refractivity contribution >= 4 is 16.9 Å². The van der Waals surface area contributed by atoms with Crippen molar-refractivity contribution in [2.75, 3.05) is 39.0 Å². The molecule has 0 bridgehead atoms. The van der Waals surface area contributed by atoms with Crippen LogP contribution in [0.4, 0.5) is 0 Å². The highest BCUT2D eigenvalue weighted by Gasteiger charge is 2.40. The molecule has 3 fully saturated rings. The number of hydrogen-bond acceptors (Lipinski definition) is 4. The van der Waals surface area contributed by atoms with E-state index in [2.05, 4.69) is 24.2 Å². The molecular formula is C15H27N3OS. The van der Waals surface area contributed by atoms with Gasteiger partial charge in [-0.05, 0) is 25.8 Å². The van der Waals surface area contributed by atoms with Gasteiger partial charge in [0, 0.05) is 24.4 Å². The molecule has 0 aromatic heterocycles. The van der Waals surface area contributed by atoms with Crippen molar-refractivity contribution in [3.63, 3.8) is 0 Å². The molecule has 3 aliphatic rings. The molecule has 0 radical (unpaired) electrons. The van der Waals surface area contributed by atoms with Crippen LogP contribution in [-0.2, 0) is 4.74 Å². The topological polar surface area (TPSA) is 36.9 Å². The van der Waals surface area contributed by atoms with Crippen LogP contribution in [0.5, 0.6) is 0 Å². The van der Waals surface area contributed by atoms with E-state index in [1.54, 1.807) is 0 Å². The van der Waals surface area contributed by atoms with Crippen molar-refractivity contribution in [3.05, 3.63) is 0 Å². The first-order chi connectivity index (χ1) is 9.65. The Labute approximate surface area is 126 Å². The van der Waals surface area contributed by atoms with Crippen LogP contribution < -0.4 is 5.32 Å². The van der Waals surface area contributed by atoms with Crippen LogP contribution >= 0.6 is 11.8 Å². The highest BCUT2D eigenvalue weighted by molar-refractivity contribution is 8.14. The summed E-state index contributed by atoms with van der Waals surface area (Å²) in [5, 5.41) is 4.88. The third-order valence-electron chi connectivity index (χ3n) is 4.73. The number of likely N-dealkylation sites (N-methyl/N-ethyl adjacent to an activating group) is 1. The third-order valence-corrected chi connectivity index (χ3v) is 5.93. The molecular weight excluding hydrogens is 270 g/mol. The van der Waals surface area contributed by atoms with Gasteiger partial charge in [0.1, 0.15) is 0 Å². The normalized spacial score (nSPS) is 41.2. The average Bonchev–Trinajstić information content (AvgIpc) is 2.79. The fraction of sp³-hybridized carbons (Fsp3) is 0.933. The van der Waals surface area contributed by atoms with E-state index in [9.17, 15) is 0 Å². The van der Waals surface area contributed by atoms with E-state index in [1.807, 2.05) is 11.8 Å². The molecule has 3 atom stereocenters. The molecule has 1 saturated carbocycles. The lowest BCUT2D eigenvalue weighted by atomic mass is 9.78. The maximum Gasteiger partial charge on any atom is 0.157 e. The number of aliphatic imine (C=N–C) groups is 1. The van der Waals surface area contributed by atoms with Crippen molar-refractivity contribution < 1.29 is 4.74 Å². The summed E-state index contributed by atoms with van der Waals surface area (Å²) in [4.78, 5) is 7.10. The highest BCUT2D eigenvalue weighted by Crippen LogP contribution is 2.38. The van der Waals surface area contributed by atoms with Gasteiger partial charge >= 0.3 is 0 Å². The second-order valence-corrected chi connectivity index (χ2v) is 7.76. The van der Waals surface area contributed by atoms with Crippen LogP contribution in [-0.4, -0.2) is 60.8 Å². The van der Waals surface area contributed by atoms with Crippen LogP contribution in [0.3, 0.4) is 0 Å². The Morgan fingerprint density at radius 1 is 1.55 bits per heavy atom. The largest absolute Gasteiger partial charge is 0.374 e. The van der Waals surface area contributed by atoms with Gasteiger partial charge in [-0.2, -0.15) is 0 Å². The maximum absolute atomic E-state index is 5.78. The standard InChI is InChI=1S/C15H27N3OS/c1-12-4-3-5-15(8-12)11-20-14(17-15)16-9-13-10-18(2)6-7-19-13/h12-13H,3-11H2,1-2H3,(H,16,17). The Bertz CT molecular complexity index is 376. The van der Waals surface area contributed by atoms with E-state index >= 15 is 0 Å². The molecule has 3 rings (SSSR count). The summed E-state index contributed by atoms with van der Waals surface area (Å²) in [6.45, 7) is 6.07. The Hall–Kier alpha value is -0.260. The molecule has 20 heavy (non-hydrogen) atoms. The van der Waals surface area contributed by atoms with Crippen molar-refractivity contribution in [2.24, 2.45) is 10.9 Å². The number of thioether (sulfide) groups is 1. The summed E-state index contributed by atoms with van der Waals surface area (Å²) in [6, 6.07) is 0. The smallest absolute Gasteiger partial charge is 0.157 e. The van der Waals surface area contributed by atoms with E-state index in [-0.39, 0.29) is 6.10 Å². The quantitative estimate of drug-likeness (QED) is 0.845. The molecule has 2 saturated heterocycles. The van der Waals surface area contributed by atoms with Crippen molar-refractivity contribution in [1.82, 2.24) is 10.2 Å². The number of nitrogens with zero attached hydrogens (tertiary/aromatic N) is 2. The molecule has 3 unspecified atom stereocenters. The van der Waals surface area contributed by atoms with E-state index in [1.165, 1.54) is 31.4 Å². The summed E-state index contributed by atoms with van der Waals surface area (Å²) in [6.07, 6.45) is 5.64. The van der Waals surface area contributed by atoms with Crippen LogP contribution in [0.2, 0.25) is 0 Å². The maximum atomic E-state index is 5.78. The lowest BCUT2D eigenvalue weighted by Crippen LogP contribution is -2.47. The van der Waals surface area contributed by atoms with Gasteiger partial charge in [-0.25, -0.2) is 0 Å². The number of morpholine rings is 1. The van der Waals surface area contributed by atoms with Gasteiger partial charge in [0.15, 0.2) is 5.17 Å². The molecule has 2 aliphatic heterocycles. The molecule has 0 aromatic carbocycles. The predicted molar refractivity (Wildman–Crippen MR) is 85.5 cm³/mol. The van der Waals surface area contributed by atoms with Gasteiger partial charge in [-0.1, -0.05) is 31.5 Å². The minimum absolute atomic E-state index is 0.269. The molecule has 1 N–H and O–H groups in total. The lowest BCUT2D eigenvalue weighted by Gasteiger charge is -2.36. The van der Waals surface area contributed by atoms with E-state index in [4.69, 9.17) is 9.73 Å². The summed E-state index contributed by atoms with van der Waals surface area (Å²) in [5.41, 5.74) is 0.339. The Morgan fingerprint density at radius 3 is 3.25 bits per heavy atom. The zero-order valence-electron chi connectivity index (χ0n) is 12.7. The van der Waals surface area contributed by atoms with Gasteiger partial charge in [0.2, 0.25) is 0 Å². The summed E-state index contributed by atoms with van der Waals surface area (Å²) in [5.74, 6) is 2.05. The molecule has 4 nitrogen and oxygen atoms in total. The molecule has 1 spiro atoms. The molecule has 5 heteroatoms. The minimum Gasteiger partial charge on any atom is -0.374 e. The second-order valence-electron chi connectivity index (χ2n) is 6.80. The van der Waals surface area contributed by atoms with Gasteiger partial charge in [-0.15, -0.1) is 0 Å². The first kappa shape index (κ1) is 14.7. The van der Waals surface area contributed by atoms with Gasteiger partial charge < -0.3 is 15.0 Å². The third kappa shape index (κ3) is 3.49. The first-order valence-electron chi connectivity index (χ1n) is 7.91. The van der Waals surface area contributed by atoms with E-state index in [0.717, 1.165) is 37.3 Å². The highest BCUT2D eigenvalue weighted by atomic mass is 32.2. The first-order valence-corrected chi connectivity index (χ1v) is 8.89. The monoisotopic (exact) mass is 297 g/mol. The predicted octanol–water partition coefficient (Wildman–Crippen LogP) is 1.96. The molecule has 2 heterocycles. The number of rotatable bonds is 2.